The first-order valence-corrected chi connectivity index (χ1v) is 17.0. The lowest BCUT2D eigenvalue weighted by Crippen LogP contribution is -2.60. The number of esters is 1. The van der Waals surface area contributed by atoms with Crippen molar-refractivity contribution in [2.24, 2.45) is 17.1 Å². The topological polar surface area (TPSA) is 177 Å². The molecule has 1 aromatic carbocycles. The number of nitrogens with two attached hydrogens (primary N) is 1. The molecule has 1 aliphatic heterocycles. The number of ether oxygens (including phenoxy) is 1. The summed E-state index contributed by atoms with van der Waals surface area (Å²) in [5.74, 6) is -3.36. The van der Waals surface area contributed by atoms with E-state index in [1.54, 1.807) is 20.8 Å². The summed E-state index contributed by atoms with van der Waals surface area (Å²) in [5, 5.41) is 7.69. The van der Waals surface area contributed by atoms with Crippen molar-refractivity contribution >= 4 is 35.5 Å². The van der Waals surface area contributed by atoms with Gasteiger partial charge in [-0.25, -0.2) is 4.79 Å². The van der Waals surface area contributed by atoms with Gasteiger partial charge in [-0.05, 0) is 36.2 Å². The van der Waals surface area contributed by atoms with Crippen LogP contribution in [0.2, 0.25) is 0 Å². The minimum Gasteiger partial charge on any atom is -0.460 e. The van der Waals surface area contributed by atoms with Crippen molar-refractivity contribution in [2.75, 3.05) is 13.1 Å². The Balaban J connectivity index is 0.000000982. The number of Topliss-reactive ketones (excluding diaryl/α,β-unsaturated/α-hetero) is 1. The molecule has 1 heterocycles. The number of carbonyl (C=O) groups excluding carboxylic acids is 6. The van der Waals surface area contributed by atoms with Crippen molar-refractivity contribution in [3.8, 4) is 0 Å². The Hall–Kier alpha value is -3.96. The zero-order valence-corrected chi connectivity index (χ0v) is 28.8. The highest BCUT2D eigenvalue weighted by molar-refractivity contribution is 6.37. The van der Waals surface area contributed by atoms with Crippen molar-refractivity contribution in [1.29, 1.82) is 0 Å². The molecule has 0 aromatic heterocycles. The summed E-state index contributed by atoms with van der Waals surface area (Å²) in [5.41, 5.74) is 5.25. The Morgan fingerprint density at radius 2 is 1.51 bits per heavy atom. The fraction of sp³-hybridized carbons (Fsp3) is 0.657. The molecule has 3 unspecified atom stereocenters. The van der Waals surface area contributed by atoms with E-state index in [1.165, 1.54) is 37.0 Å². The van der Waals surface area contributed by atoms with E-state index >= 15 is 0 Å². The second-order valence-corrected chi connectivity index (χ2v) is 13.6. The predicted molar refractivity (Wildman–Crippen MR) is 179 cm³/mol. The van der Waals surface area contributed by atoms with Gasteiger partial charge in [-0.2, -0.15) is 0 Å². The first-order valence-electron chi connectivity index (χ1n) is 17.0. The highest BCUT2D eigenvalue weighted by Crippen LogP contribution is 2.34. The molecule has 12 heteroatoms. The Labute approximate surface area is 279 Å². The van der Waals surface area contributed by atoms with Crippen LogP contribution in [-0.4, -0.2) is 71.6 Å². The number of carbonyl (C=O) groups is 6. The number of rotatable bonds is 12. The molecule has 0 spiro atoms. The monoisotopic (exact) mass is 657 g/mol. The molecule has 47 heavy (non-hydrogen) atoms. The molecule has 0 radical (unpaired) electrons. The van der Waals surface area contributed by atoms with Gasteiger partial charge in [-0.1, -0.05) is 110 Å². The van der Waals surface area contributed by atoms with E-state index in [9.17, 15) is 28.8 Å². The number of hydrogen-bond donors (Lipinski definition) is 4. The molecule has 3 atom stereocenters. The van der Waals surface area contributed by atoms with E-state index in [0.717, 1.165) is 18.4 Å². The van der Waals surface area contributed by atoms with Gasteiger partial charge in [0.05, 0.1) is 6.04 Å². The third kappa shape index (κ3) is 14.1. The normalized spacial score (nSPS) is 18.0. The molecule has 3 fully saturated rings. The zero-order valence-electron chi connectivity index (χ0n) is 28.8. The molecule has 4 rings (SSSR count). The predicted octanol–water partition coefficient (Wildman–Crippen LogP) is 3.75. The minimum atomic E-state index is -1.11. The number of nitrogens with one attached hydrogen (secondary N) is 3. The summed E-state index contributed by atoms with van der Waals surface area (Å²) in [7, 11) is 0. The molecule has 3 aliphatic rings. The molecule has 1 aromatic rings. The summed E-state index contributed by atoms with van der Waals surface area (Å²) in [6.45, 7) is 9.52. The van der Waals surface area contributed by atoms with Crippen LogP contribution in [0.15, 0.2) is 30.3 Å². The molecule has 12 nitrogen and oxygen atoms in total. The zero-order chi connectivity index (χ0) is 35.0. The average molecular weight is 658 g/mol. The number of primary amides is 1. The minimum absolute atomic E-state index is 0.0665. The lowest BCUT2D eigenvalue weighted by Gasteiger charge is -2.35. The van der Waals surface area contributed by atoms with Crippen LogP contribution in [0.4, 0.5) is 4.79 Å². The molecular formula is C35H55N5O7. The van der Waals surface area contributed by atoms with Crippen molar-refractivity contribution < 1.29 is 33.5 Å². The first kappa shape index (κ1) is 39.2. The molecular weight excluding hydrogens is 602 g/mol. The van der Waals surface area contributed by atoms with Crippen molar-refractivity contribution in [3.05, 3.63) is 35.9 Å². The van der Waals surface area contributed by atoms with Gasteiger partial charge in [0, 0.05) is 6.54 Å². The summed E-state index contributed by atoms with van der Waals surface area (Å²) >= 11 is 0. The van der Waals surface area contributed by atoms with E-state index in [4.69, 9.17) is 10.5 Å². The van der Waals surface area contributed by atoms with Crippen LogP contribution in [0.1, 0.15) is 104 Å². The smallest absolute Gasteiger partial charge is 0.325 e. The van der Waals surface area contributed by atoms with Crippen LogP contribution in [0, 0.1) is 11.3 Å². The Kier molecular flexibility index (Phi) is 16.4. The number of nitrogens with zero attached hydrogens (tertiary/aromatic N) is 1. The van der Waals surface area contributed by atoms with Crippen LogP contribution in [0.3, 0.4) is 0 Å². The van der Waals surface area contributed by atoms with Crippen LogP contribution in [-0.2, 0) is 35.3 Å². The summed E-state index contributed by atoms with van der Waals surface area (Å²) < 4.78 is 5.16. The third-order valence-electron chi connectivity index (χ3n) is 8.00. The number of ketones is 1. The second kappa shape index (κ2) is 19.6. The molecule has 262 valence electrons. The van der Waals surface area contributed by atoms with Crippen LogP contribution >= 0.6 is 0 Å². The van der Waals surface area contributed by atoms with Crippen molar-refractivity contribution in [1.82, 2.24) is 20.9 Å². The average Bonchev–Trinajstić information content (AvgIpc) is 3.67. The maximum atomic E-state index is 13.6. The van der Waals surface area contributed by atoms with Crippen molar-refractivity contribution in [3.63, 3.8) is 0 Å². The maximum absolute atomic E-state index is 13.6. The van der Waals surface area contributed by atoms with Gasteiger partial charge < -0.3 is 31.3 Å². The Bertz CT molecular complexity index is 1190. The fourth-order valence-electron chi connectivity index (χ4n) is 4.85. The van der Waals surface area contributed by atoms with Gasteiger partial charge in [0.1, 0.15) is 25.2 Å². The lowest BCUT2D eigenvalue weighted by molar-refractivity contribution is -0.143. The first-order chi connectivity index (χ1) is 22.3. The van der Waals surface area contributed by atoms with E-state index in [0.29, 0.717) is 19.3 Å². The number of hydrogen-bond acceptors (Lipinski definition) is 7. The SMILES string of the molecule is C1CCC1.CC(C)(C)C(NC(=O)NCC(=O)OCc1ccccc1)C(=O)N1CCCC1C(=O)NC(CC1CC1)C(=O)C(N)=O.CCC. The van der Waals surface area contributed by atoms with Crippen molar-refractivity contribution in [2.45, 2.75) is 124 Å². The van der Waals surface area contributed by atoms with Gasteiger partial charge in [0.15, 0.2) is 0 Å². The van der Waals surface area contributed by atoms with Gasteiger partial charge in [0.2, 0.25) is 17.6 Å². The number of amides is 5. The third-order valence-corrected chi connectivity index (χ3v) is 8.00. The number of urea groups is 1. The second-order valence-electron chi connectivity index (χ2n) is 13.6. The highest BCUT2D eigenvalue weighted by Gasteiger charge is 2.43. The molecule has 2 saturated carbocycles. The highest BCUT2D eigenvalue weighted by atomic mass is 16.5. The van der Waals surface area contributed by atoms with E-state index in [2.05, 4.69) is 29.8 Å². The van der Waals surface area contributed by atoms with Crippen LogP contribution < -0.4 is 21.7 Å². The molecule has 1 saturated heterocycles. The largest absolute Gasteiger partial charge is 0.460 e. The van der Waals surface area contributed by atoms with E-state index in [-0.39, 0.29) is 19.1 Å². The summed E-state index contributed by atoms with van der Waals surface area (Å²) in [6.07, 6.45) is 10.3. The van der Waals surface area contributed by atoms with E-state index < -0.39 is 65.6 Å². The summed E-state index contributed by atoms with van der Waals surface area (Å²) in [4.78, 5) is 76.7. The number of likely N-dealkylation sites (tertiary alicyclic amines) is 1. The van der Waals surface area contributed by atoms with Gasteiger partial charge in [-0.3, -0.25) is 24.0 Å². The quantitative estimate of drug-likeness (QED) is 0.195. The molecule has 5 N–H and O–H groups in total. The fourth-order valence-corrected chi connectivity index (χ4v) is 4.85. The van der Waals surface area contributed by atoms with Gasteiger partial charge >= 0.3 is 12.0 Å². The number of benzene rings is 1. The standard InChI is InChI=1S/C28H39N5O7.C4H8.C3H8/c1-28(2,3)23(32-27(39)30-15-21(34)40-16-18-8-5-4-6-9-18)26(38)33-13-7-10-20(33)25(37)31-19(14-17-11-12-17)22(35)24(29)36;1-2-4-3-1;1-3-2/h4-6,8-9,17,19-20,23H,7,10-16H2,1-3H3,(H2,29,36)(H,31,37)(H2,30,32,39);1-4H2;3H2,1-2H3. The molecule has 5 amide bonds. The Morgan fingerprint density at radius 1 is 0.915 bits per heavy atom. The molecule has 0 bridgehead atoms. The van der Waals surface area contributed by atoms with Gasteiger partial charge in [-0.15, -0.1) is 0 Å². The van der Waals surface area contributed by atoms with Crippen LogP contribution in [0.25, 0.3) is 0 Å². The van der Waals surface area contributed by atoms with Gasteiger partial charge in [0.25, 0.3) is 5.91 Å². The maximum Gasteiger partial charge on any atom is 0.325 e. The Morgan fingerprint density at radius 3 is 2.02 bits per heavy atom. The molecule has 2 aliphatic carbocycles. The van der Waals surface area contributed by atoms with Crippen LogP contribution in [0.5, 0.6) is 0 Å². The van der Waals surface area contributed by atoms with E-state index in [1.807, 2.05) is 30.3 Å². The lowest BCUT2D eigenvalue weighted by atomic mass is 9.85. The summed E-state index contributed by atoms with van der Waals surface area (Å²) in [6, 6.07) is 5.45.